The van der Waals surface area contributed by atoms with E-state index in [9.17, 15) is 10.1 Å². The Morgan fingerprint density at radius 3 is 2.71 bits per heavy atom. The molecule has 2 aliphatic rings. The van der Waals surface area contributed by atoms with Crippen LogP contribution in [0.25, 0.3) is 0 Å². The van der Waals surface area contributed by atoms with Crippen LogP contribution in [0, 0.1) is 10.1 Å². The maximum Gasteiger partial charge on any atom is 0.278 e. The Labute approximate surface area is 121 Å². The van der Waals surface area contributed by atoms with E-state index in [1.54, 1.807) is 0 Å². The number of nitro groups is 1. The van der Waals surface area contributed by atoms with E-state index in [2.05, 4.69) is 0 Å². The first-order chi connectivity index (χ1) is 10.2. The van der Waals surface area contributed by atoms with Crippen LogP contribution in [0.2, 0.25) is 0 Å². The fourth-order valence-electron chi connectivity index (χ4n) is 2.42. The van der Waals surface area contributed by atoms with E-state index in [0.717, 1.165) is 5.56 Å². The summed E-state index contributed by atoms with van der Waals surface area (Å²) in [6.45, 7) is 0.204. The van der Waals surface area contributed by atoms with Crippen LogP contribution in [-0.4, -0.2) is 37.1 Å². The summed E-state index contributed by atoms with van der Waals surface area (Å²) in [5, 5.41) is 11.2. The van der Waals surface area contributed by atoms with Crippen molar-refractivity contribution in [1.29, 1.82) is 0 Å². The minimum Gasteiger partial charge on any atom is -0.352 e. The highest BCUT2D eigenvalue weighted by atomic mass is 16.7. The van der Waals surface area contributed by atoms with Crippen LogP contribution in [0.5, 0.6) is 0 Å². The van der Waals surface area contributed by atoms with E-state index >= 15 is 0 Å². The third-order valence-corrected chi connectivity index (χ3v) is 3.44. The molecule has 1 unspecified atom stereocenters. The van der Waals surface area contributed by atoms with Crippen molar-refractivity contribution in [3.05, 3.63) is 57.8 Å². The predicted octanol–water partition coefficient (Wildman–Crippen LogP) is 1.63. The Morgan fingerprint density at radius 2 is 2.05 bits per heavy atom. The zero-order valence-corrected chi connectivity index (χ0v) is 11.4. The second kappa shape index (κ2) is 5.90. The van der Waals surface area contributed by atoms with Crippen LogP contribution >= 0.6 is 0 Å². The first-order valence-corrected chi connectivity index (χ1v) is 6.55. The van der Waals surface area contributed by atoms with Crippen molar-refractivity contribution < 1.29 is 23.9 Å². The van der Waals surface area contributed by atoms with Gasteiger partial charge in [0.25, 0.3) is 5.70 Å². The van der Waals surface area contributed by atoms with Crippen LogP contribution in [0.1, 0.15) is 11.9 Å². The number of benzene rings is 1. The molecule has 1 aromatic rings. The molecular formula is C14H15NO6. The van der Waals surface area contributed by atoms with Crippen molar-refractivity contribution >= 4 is 0 Å². The molecule has 0 aromatic heterocycles. The molecule has 0 N–H and O–H groups in total. The largest absolute Gasteiger partial charge is 0.352 e. The Balaban J connectivity index is 1.84. The van der Waals surface area contributed by atoms with Gasteiger partial charge in [-0.2, -0.15) is 0 Å². The van der Waals surface area contributed by atoms with Gasteiger partial charge >= 0.3 is 0 Å². The van der Waals surface area contributed by atoms with E-state index in [4.69, 9.17) is 18.9 Å². The lowest BCUT2D eigenvalue weighted by molar-refractivity contribution is -0.455. The van der Waals surface area contributed by atoms with Crippen LogP contribution in [0.15, 0.2) is 42.1 Å². The normalized spacial score (nSPS) is 32.1. The van der Waals surface area contributed by atoms with Crippen molar-refractivity contribution in [1.82, 2.24) is 0 Å². The van der Waals surface area contributed by atoms with Gasteiger partial charge in [0.05, 0.1) is 11.5 Å². The molecule has 0 amide bonds. The summed E-state index contributed by atoms with van der Waals surface area (Å²) in [6, 6.07) is 9.29. The van der Waals surface area contributed by atoms with Crippen LogP contribution in [-0.2, 0) is 18.9 Å². The van der Waals surface area contributed by atoms with Gasteiger partial charge in [-0.15, -0.1) is 0 Å². The van der Waals surface area contributed by atoms with Gasteiger partial charge in [-0.25, -0.2) is 0 Å². The lowest BCUT2D eigenvalue weighted by Crippen LogP contribution is -2.49. The van der Waals surface area contributed by atoms with Crippen molar-refractivity contribution in [2.75, 3.05) is 13.7 Å². The second-order valence-electron chi connectivity index (χ2n) is 4.76. The van der Waals surface area contributed by atoms with Crippen molar-refractivity contribution in [2.45, 2.75) is 24.8 Å². The molecule has 1 saturated heterocycles. The van der Waals surface area contributed by atoms with E-state index in [1.807, 2.05) is 30.3 Å². The van der Waals surface area contributed by atoms with Gasteiger partial charge in [0.15, 0.2) is 18.7 Å². The number of nitrogens with zero attached hydrogens (tertiary/aromatic N) is 1. The summed E-state index contributed by atoms with van der Waals surface area (Å²) in [5.74, 6) is 0. The van der Waals surface area contributed by atoms with Gasteiger partial charge in [-0.3, -0.25) is 10.1 Å². The molecule has 3 rings (SSSR count). The molecule has 0 aliphatic carbocycles. The van der Waals surface area contributed by atoms with E-state index < -0.39 is 29.7 Å². The molecule has 7 heteroatoms. The van der Waals surface area contributed by atoms with Crippen LogP contribution in [0.4, 0.5) is 0 Å². The SMILES string of the molecule is CO[C@@H]1C=C([N+](=O)[O-])[C@H]2OC(c3ccccc3)OC[C@H]2O1. The fourth-order valence-corrected chi connectivity index (χ4v) is 2.42. The van der Waals surface area contributed by atoms with Gasteiger partial charge in [-0.05, 0) is 0 Å². The zero-order chi connectivity index (χ0) is 14.8. The van der Waals surface area contributed by atoms with Crippen LogP contribution in [0.3, 0.4) is 0 Å². The van der Waals surface area contributed by atoms with E-state index in [0.29, 0.717) is 0 Å². The summed E-state index contributed by atoms with van der Waals surface area (Å²) >= 11 is 0. The smallest absolute Gasteiger partial charge is 0.278 e. The Hall–Kier alpha value is -1.80. The number of rotatable bonds is 3. The highest BCUT2D eigenvalue weighted by molar-refractivity contribution is 5.18. The topological polar surface area (TPSA) is 80.1 Å². The highest BCUT2D eigenvalue weighted by Gasteiger charge is 2.45. The molecule has 1 aromatic carbocycles. The third-order valence-electron chi connectivity index (χ3n) is 3.44. The minimum absolute atomic E-state index is 0.0534. The summed E-state index contributed by atoms with van der Waals surface area (Å²) in [4.78, 5) is 10.8. The molecular weight excluding hydrogens is 278 g/mol. The van der Waals surface area contributed by atoms with E-state index in [1.165, 1.54) is 13.2 Å². The second-order valence-corrected chi connectivity index (χ2v) is 4.76. The summed E-state index contributed by atoms with van der Waals surface area (Å²) in [7, 11) is 1.43. The average Bonchev–Trinajstić information content (AvgIpc) is 2.54. The lowest BCUT2D eigenvalue weighted by atomic mass is 10.1. The molecule has 1 fully saturated rings. The fraction of sp³-hybridized carbons (Fsp3) is 0.429. The Kier molecular flexibility index (Phi) is 3.98. The predicted molar refractivity (Wildman–Crippen MR) is 70.8 cm³/mol. The molecule has 2 aliphatic heterocycles. The summed E-state index contributed by atoms with van der Waals surface area (Å²) < 4.78 is 21.9. The zero-order valence-electron chi connectivity index (χ0n) is 11.4. The quantitative estimate of drug-likeness (QED) is 0.622. The Morgan fingerprint density at radius 1 is 1.29 bits per heavy atom. The van der Waals surface area contributed by atoms with Crippen LogP contribution < -0.4 is 0 Å². The molecule has 0 bridgehead atoms. The molecule has 21 heavy (non-hydrogen) atoms. The first kappa shape index (κ1) is 14.2. The standard InChI is InChI=1S/C14H15NO6/c1-18-12-7-10(15(16)17)13-11(20-12)8-19-14(21-13)9-5-3-2-4-6-9/h2-7,11-14H,8H2,1H3/t11-,12+,13-,14?/m1/s1. The molecule has 0 radical (unpaired) electrons. The van der Waals surface area contributed by atoms with Crippen molar-refractivity contribution in [2.24, 2.45) is 0 Å². The summed E-state index contributed by atoms with van der Waals surface area (Å²) in [6.07, 6.45) is -1.40. The number of hydrogen-bond acceptors (Lipinski definition) is 6. The number of hydrogen-bond donors (Lipinski definition) is 0. The molecule has 0 spiro atoms. The number of ether oxygens (including phenoxy) is 4. The molecule has 4 atom stereocenters. The maximum atomic E-state index is 11.2. The van der Waals surface area contributed by atoms with Crippen molar-refractivity contribution in [3.8, 4) is 0 Å². The maximum absolute atomic E-state index is 11.2. The third kappa shape index (κ3) is 2.81. The van der Waals surface area contributed by atoms with Gasteiger partial charge < -0.3 is 18.9 Å². The molecule has 2 heterocycles. The molecule has 7 nitrogen and oxygen atoms in total. The lowest BCUT2D eigenvalue weighted by Gasteiger charge is -2.38. The number of methoxy groups -OCH3 is 1. The minimum atomic E-state index is -0.773. The van der Waals surface area contributed by atoms with Crippen molar-refractivity contribution in [3.63, 3.8) is 0 Å². The first-order valence-electron chi connectivity index (χ1n) is 6.55. The molecule has 112 valence electrons. The number of fused-ring (bicyclic) bond motifs is 1. The molecule has 0 saturated carbocycles. The average molecular weight is 293 g/mol. The van der Waals surface area contributed by atoms with E-state index in [-0.39, 0.29) is 12.3 Å². The van der Waals surface area contributed by atoms with Gasteiger partial charge in [0.2, 0.25) is 0 Å². The highest BCUT2D eigenvalue weighted by Crippen LogP contribution is 2.34. The monoisotopic (exact) mass is 293 g/mol. The Bertz CT molecular complexity index is 546. The van der Waals surface area contributed by atoms with Gasteiger partial charge in [-0.1, -0.05) is 30.3 Å². The van der Waals surface area contributed by atoms with Gasteiger partial charge in [0.1, 0.15) is 6.10 Å². The summed E-state index contributed by atoms with van der Waals surface area (Å²) in [5.41, 5.74) is 0.759. The van der Waals surface area contributed by atoms with Gasteiger partial charge in [0, 0.05) is 18.7 Å².